The average molecular weight is 123 g/mol. The van der Waals surface area contributed by atoms with Crippen molar-refractivity contribution >= 4 is 23.0 Å². The lowest BCUT2D eigenvalue weighted by molar-refractivity contribution is 0.220. The van der Waals surface area contributed by atoms with Gasteiger partial charge in [-0.05, 0) is 0 Å². The smallest absolute Gasteiger partial charge is 0.401 e. The summed E-state index contributed by atoms with van der Waals surface area (Å²) in [7, 11) is 0. The van der Waals surface area contributed by atoms with Gasteiger partial charge in [0.1, 0.15) is 0 Å². The molecule has 0 heterocycles. The SMILES string of the molecule is N=C=N.O=C(O)Cl. The van der Waals surface area contributed by atoms with E-state index in [0.717, 1.165) is 0 Å². The Morgan fingerprint density at radius 2 is 1.71 bits per heavy atom. The second-order valence-electron chi connectivity index (χ2n) is 0.378. The largest absolute Gasteiger partial charge is 0.469 e. The second kappa shape index (κ2) is 8.94. The Balaban J connectivity index is 0. The van der Waals surface area contributed by atoms with Crippen LogP contribution in [0.1, 0.15) is 0 Å². The standard InChI is InChI=1S/CHClO2.CH2N2/c2-1(3)4;2-1-3/h(H,3,4);2-3H. The van der Waals surface area contributed by atoms with Crippen molar-refractivity contribution in [3.8, 4) is 0 Å². The number of nitrogens with one attached hydrogen (secondary N) is 2. The van der Waals surface area contributed by atoms with Gasteiger partial charge in [0.25, 0.3) is 0 Å². The van der Waals surface area contributed by atoms with Gasteiger partial charge in [-0.3, -0.25) is 0 Å². The van der Waals surface area contributed by atoms with Crippen LogP contribution in [0.3, 0.4) is 0 Å². The summed E-state index contributed by atoms with van der Waals surface area (Å²) < 4.78 is 0. The van der Waals surface area contributed by atoms with Crippen LogP contribution in [-0.4, -0.2) is 16.5 Å². The van der Waals surface area contributed by atoms with Crippen LogP contribution < -0.4 is 0 Å². The molecule has 40 valence electrons. The third-order valence-electron chi connectivity index (χ3n) is 0. The molecule has 7 heavy (non-hydrogen) atoms. The molecule has 0 fully saturated rings. The van der Waals surface area contributed by atoms with Crippen molar-refractivity contribution in [3.63, 3.8) is 0 Å². The van der Waals surface area contributed by atoms with E-state index in [-0.39, 0.29) is 0 Å². The summed E-state index contributed by atoms with van der Waals surface area (Å²) in [5.74, 6) is 0. The zero-order valence-electron chi connectivity index (χ0n) is 3.23. The van der Waals surface area contributed by atoms with Gasteiger partial charge in [-0.1, -0.05) is 0 Å². The van der Waals surface area contributed by atoms with Gasteiger partial charge in [0.2, 0.25) is 0 Å². The van der Waals surface area contributed by atoms with Crippen LogP contribution in [0.2, 0.25) is 0 Å². The monoisotopic (exact) mass is 122 g/mol. The molecule has 0 bridgehead atoms. The number of carbonyl (C=O) groups is 1. The molecule has 0 aliphatic heterocycles. The van der Waals surface area contributed by atoms with Crippen LogP contribution in [0.4, 0.5) is 4.79 Å². The molecule has 0 aromatic heterocycles. The molecule has 4 nitrogen and oxygen atoms in total. The lowest BCUT2D eigenvalue weighted by Crippen LogP contribution is -1.66. The van der Waals surface area contributed by atoms with E-state index >= 15 is 0 Å². The number of hydrogen-bond acceptors (Lipinski definition) is 3. The van der Waals surface area contributed by atoms with Crippen molar-refractivity contribution in [2.75, 3.05) is 0 Å². The summed E-state index contributed by atoms with van der Waals surface area (Å²) in [5, 5.41) is 18.4. The lowest BCUT2D eigenvalue weighted by Gasteiger charge is -1.55. The van der Waals surface area contributed by atoms with E-state index in [1.165, 1.54) is 6.01 Å². The number of hydrogen-bond donors (Lipinski definition) is 3. The molecule has 0 aliphatic rings. The molecule has 0 saturated heterocycles. The molecule has 0 radical (unpaired) electrons. The van der Waals surface area contributed by atoms with Crippen molar-refractivity contribution < 1.29 is 9.90 Å². The number of rotatable bonds is 0. The molecule has 0 saturated carbocycles. The Bertz CT molecular complexity index is 81.7. The van der Waals surface area contributed by atoms with Crippen LogP contribution in [0.25, 0.3) is 0 Å². The van der Waals surface area contributed by atoms with Gasteiger partial charge < -0.3 is 5.11 Å². The summed E-state index contributed by atoms with van der Waals surface area (Å²) in [5.41, 5.74) is -1.36. The van der Waals surface area contributed by atoms with E-state index in [4.69, 9.17) is 20.7 Å². The predicted octanol–water partition coefficient (Wildman–Crippen LogP) is 1.22. The van der Waals surface area contributed by atoms with Gasteiger partial charge in [0.15, 0.2) is 0 Å². The Hall–Kier alpha value is -0.860. The molecule has 0 aliphatic carbocycles. The second-order valence-corrected chi connectivity index (χ2v) is 0.701. The van der Waals surface area contributed by atoms with Crippen molar-refractivity contribution in [2.45, 2.75) is 0 Å². The van der Waals surface area contributed by atoms with E-state index in [1.807, 2.05) is 0 Å². The summed E-state index contributed by atoms with van der Waals surface area (Å²) in [6, 6.07) is 1.25. The third-order valence-corrected chi connectivity index (χ3v) is 0. The van der Waals surface area contributed by atoms with E-state index in [2.05, 4.69) is 11.6 Å². The van der Waals surface area contributed by atoms with Gasteiger partial charge in [-0.2, -0.15) is 0 Å². The topological polar surface area (TPSA) is 85.0 Å². The lowest BCUT2D eigenvalue weighted by atomic mass is 11.6. The van der Waals surface area contributed by atoms with Gasteiger partial charge >= 0.3 is 5.43 Å². The molecule has 0 aromatic carbocycles. The van der Waals surface area contributed by atoms with Crippen LogP contribution in [-0.2, 0) is 0 Å². The quantitative estimate of drug-likeness (QED) is 0.333. The maximum atomic E-state index is 8.77. The minimum Gasteiger partial charge on any atom is -0.469 e. The molecule has 5 heteroatoms. The Labute approximate surface area is 44.7 Å². The first-order valence-electron chi connectivity index (χ1n) is 1.12. The molecule has 3 N–H and O–H groups in total. The molecule has 0 unspecified atom stereocenters. The molecule has 0 amide bonds. The third kappa shape index (κ3) is 68.5. The molecule has 0 rings (SSSR count). The Morgan fingerprint density at radius 3 is 1.71 bits per heavy atom. The van der Waals surface area contributed by atoms with E-state index in [9.17, 15) is 0 Å². The van der Waals surface area contributed by atoms with Crippen molar-refractivity contribution in [1.29, 1.82) is 10.8 Å². The Morgan fingerprint density at radius 1 is 1.71 bits per heavy atom. The molecule has 0 atom stereocenters. The van der Waals surface area contributed by atoms with E-state index < -0.39 is 5.43 Å². The van der Waals surface area contributed by atoms with Crippen LogP contribution >= 0.6 is 11.6 Å². The minimum absolute atomic E-state index is 1.25. The molecular weight excluding hydrogens is 119 g/mol. The Kier molecular flexibility index (Phi) is 12.1. The number of carboxylic acid groups (broad SMARTS) is 1. The highest BCUT2D eigenvalue weighted by Gasteiger charge is 1.71. The van der Waals surface area contributed by atoms with Gasteiger partial charge in [-0.25, -0.2) is 15.6 Å². The first kappa shape index (κ1) is 9.46. The highest BCUT2D eigenvalue weighted by Crippen LogP contribution is 1.67. The highest BCUT2D eigenvalue weighted by atomic mass is 35.5. The van der Waals surface area contributed by atoms with Gasteiger partial charge in [-0.15, -0.1) is 0 Å². The molecular formula is C2H3ClN2O2. The summed E-state index contributed by atoms with van der Waals surface area (Å²) in [4.78, 5) is 8.77. The highest BCUT2D eigenvalue weighted by molar-refractivity contribution is 6.60. The van der Waals surface area contributed by atoms with Crippen molar-refractivity contribution in [1.82, 2.24) is 0 Å². The zero-order chi connectivity index (χ0) is 6.28. The normalized spacial score (nSPS) is 4.71. The van der Waals surface area contributed by atoms with E-state index in [1.54, 1.807) is 0 Å². The van der Waals surface area contributed by atoms with Crippen LogP contribution in [0.15, 0.2) is 0 Å². The fourth-order valence-corrected chi connectivity index (χ4v) is 0. The maximum Gasteiger partial charge on any atom is 0.401 e. The fraction of sp³-hybridized carbons (Fsp3) is 0. The minimum atomic E-state index is -1.36. The molecule has 0 aromatic rings. The summed E-state index contributed by atoms with van der Waals surface area (Å²) >= 11 is 4.19. The summed E-state index contributed by atoms with van der Waals surface area (Å²) in [6.07, 6.45) is 0. The van der Waals surface area contributed by atoms with Crippen LogP contribution in [0.5, 0.6) is 0 Å². The predicted molar refractivity (Wildman–Crippen MR) is 24.3 cm³/mol. The van der Waals surface area contributed by atoms with Crippen molar-refractivity contribution in [2.24, 2.45) is 0 Å². The van der Waals surface area contributed by atoms with Crippen LogP contribution in [0, 0.1) is 10.8 Å². The van der Waals surface area contributed by atoms with Crippen molar-refractivity contribution in [3.05, 3.63) is 0 Å². The first-order chi connectivity index (χ1) is 3.15. The summed E-state index contributed by atoms with van der Waals surface area (Å²) in [6.45, 7) is 0. The zero-order valence-corrected chi connectivity index (χ0v) is 3.99. The fourth-order valence-electron chi connectivity index (χ4n) is 0. The average Bonchev–Trinajstić information content (AvgIpc) is 1.33. The molecule has 0 spiro atoms. The first-order valence-corrected chi connectivity index (χ1v) is 1.49. The number of halogens is 1. The van der Waals surface area contributed by atoms with Gasteiger partial charge in [0.05, 0.1) is 6.01 Å². The van der Waals surface area contributed by atoms with E-state index in [0.29, 0.717) is 0 Å². The van der Waals surface area contributed by atoms with Gasteiger partial charge in [0, 0.05) is 11.6 Å². The maximum absolute atomic E-state index is 8.77.